The number of anilines is 6. The van der Waals surface area contributed by atoms with Gasteiger partial charge in [0.05, 0.1) is 17.1 Å². The molecule has 0 aliphatic carbocycles. The third-order valence-electron chi connectivity index (χ3n) is 13.9. The Balaban J connectivity index is 0.866. The maximum atomic E-state index is 13.8. The molecule has 0 bridgehead atoms. The fourth-order valence-electron chi connectivity index (χ4n) is 9.37. The molecule has 0 aromatic carbocycles. The maximum absolute atomic E-state index is 13.8. The summed E-state index contributed by atoms with van der Waals surface area (Å²) < 4.78 is 10.5. The Labute approximate surface area is 522 Å². The Morgan fingerprint density at radius 2 is 0.923 bits per heavy atom. The molecule has 0 fully saturated rings. The molecule has 0 radical (unpaired) electrons. The molecule has 7 rings (SSSR count). The van der Waals surface area contributed by atoms with Crippen molar-refractivity contribution in [2.45, 2.75) is 84.7 Å². The molecule has 484 valence electrons. The molecule has 0 spiro atoms. The first-order chi connectivity index (χ1) is 43.4. The zero-order chi connectivity index (χ0) is 66.1. The van der Waals surface area contributed by atoms with Crippen LogP contribution in [0.2, 0.25) is 0 Å². The molecular weight excluding hydrogens is 1180 g/mol. The van der Waals surface area contributed by atoms with Gasteiger partial charge in [0.1, 0.15) is 23.1 Å². The summed E-state index contributed by atoms with van der Waals surface area (Å²) in [5.41, 5.74) is 1.73. The van der Waals surface area contributed by atoms with Crippen LogP contribution >= 0.6 is 0 Å². The summed E-state index contributed by atoms with van der Waals surface area (Å²) in [5, 5.41) is 29.5. The Kier molecular flexibility index (Phi) is 23.1. The van der Waals surface area contributed by atoms with E-state index in [0.29, 0.717) is 36.6 Å². The minimum atomic E-state index is -1.14. The predicted octanol–water partition coefficient (Wildman–Crippen LogP) is 2.36. The van der Waals surface area contributed by atoms with Gasteiger partial charge < -0.3 is 90.5 Å². The molecule has 0 unspecified atom stereocenters. The van der Waals surface area contributed by atoms with Gasteiger partial charge >= 0.3 is 0 Å². The van der Waals surface area contributed by atoms with Crippen LogP contribution in [0.1, 0.15) is 146 Å². The molecule has 1 atom stereocenters. The number of hydrogen-bond acceptors (Lipinski definition) is 15. The SMILES string of the molecule is CCCCCCn1cc(NC(=O)c2nc(NC(=O)CCNC(=O)c3nc(NC(=O)c4nccn4C)cn3C)cn2C)nc1C(=O)NCC[C@@H](NC(C)=O)C(=O)Nc1cc(C(=O)NCCC(=O)Nc2cc(C(=O)Nc3cc(C(=O)NCCC)n(C)c3)n(C)c2)n(C)c1. The topological polar surface area (TPSA) is 406 Å². The first-order valence-electron chi connectivity index (χ1n) is 29.3. The Hall–Kier alpha value is -11.2. The minimum absolute atomic E-state index is 0.0175. The predicted molar refractivity (Wildman–Crippen MR) is 333 cm³/mol. The van der Waals surface area contributed by atoms with Gasteiger partial charge in [-0.1, -0.05) is 33.1 Å². The van der Waals surface area contributed by atoms with Gasteiger partial charge in [-0.3, -0.25) is 52.7 Å². The molecule has 91 heavy (non-hydrogen) atoms. The monoisotopic (exact) mass is 1260 g/mol. The number of nitrogens with zero attached hydrogens (tertiary/aromatic N) is 11. The summed E-state index contributed by atoms with van der Waals surface area (Å²) in [6.07, 6.45) is 16.0. The molecule has 0 saturated heterocycles. The van der Waals surface area contributed by atoms with Gasteiger partial charge in [0.15, 0.2) is 23.3 Å². The number of aromatic nitrogens is 11. The van der Waals surface area contributed by atoms with Gasteiger partial charge in [-0.15, -0.1) is 0 Å². The van der Waals surface area contributed by atoms with Gasteiger partial charge in [0.25, 0.3) is 41.4 Å². The standard InChI is InChI=1S/C58H76N22O11/c1-10-12-13-14-23-80-33-44(73-58(91)49-69-42(31-79(49)9)68-46(83)17-21-63-55(88)48-70-43(32-78(48)8)72-57(90)47-59-22-24-74(47)4)71-50(80)56(89)62-19-15-38(64-34(3)81)51(84)66-36-26-40(75(5)29-36)53(86)61-20-16-45(82)65-35-25-41(77(7)28-35)54(87)67-37-27-39(76(6)30-37)52(85)60-18-11-2/h22,24-33,38H,10-21,23H2,1-9H3,(H,60,85)(H,61,86)(H,62,89)(H,63,88)(H,64,81)(H,65,82)(H,66,84)(H,67,87)(H,68,83)(H,72,90)(H,73,91)/t38-/m1/s1. The van der Waals surface area contributed by atoms with E-state index in [0.717, 1.165) is 25.7 Å². The number of imidazole rings is 4. The van der Waals surface area contributed by atoms with Crippen LogP contribution < -0.4 is 58.5 Å². The molecule has 33 heteroatoms. The van der Waals surface area contributed by atoms with E-state index in [1.807, 2.05) is 6.92 Å². The van der Waals surface area contributed by atoms with Crippen molar-refractivity contribution in [3.8, 4) is 0 Å². The highest BCUT2D eigenvalue weighted by atomic mass is 16.2. The number of carbonyl (C=O) groups is 11. The molecule has 0 saturated carbocycles. The minimum Gasteiger partial charge on any atom is -0.351 e. The van der Waals surface area contributed by atoms with Crippen molar-refractivity contribution in [2.75, 3.05) is 58.1 Å². The van der Waals surface area contributed by atoms with Gasteiger partial charge in [-0.2, -0.15) is 0 Å². The zero-order valence-electron chi connectivity index (χ0n) is 52.0. The summed E-state index contributed by atoms with van der Waals surface area (Å²) in [7, 11) is 9.68. The molecular formula is C58H76N22O11. The summed E-state index contributed by atoms with van der Waals surface area (Å²) in [6.45, 7) is 5.86. The lowest BCUT2D eigenvalue weighted by Gasteiger charge is -2.17. The zero-order valence-corrected chi connectivity index (χ0v) is 52.0. The van der Waals surface area contributed by atoms with E-state index in [1.54, 1.807) is 76.1 Å². The third-order valence-corrected chi connectivity index (χ3v) is 13.9. The summed E-state index contributed by atoms with van der Waals surface area (Å²) >= 11 is 0. The van der Waals surface area contributed by atoms with Crippen molar-refractivity contribution in [1.82, 2.24) is 78.5 Å². The van der Waals surface area contributed by atoms with E-state index < -0.39 is 65.1 Å². The van der Waals surface area contributed by atoms with E-state index in [9.17, 15) is 52.7 Å². The second kappa shape index (κ2) is 31.2. The summed E-state index contributed by atoms with van der Waals surface area (Å²) in [5.74, 6) is -5.70. The first-order valence-corrected chi connectivity index (χ1v) is 29.3. The number of unbranched alkanes of at least 4 members (excludes halogenated alkanes) is 3. The van der Waals surface area contributed by atoms with Crippen molar-refractivity contribution < 1.29 is 52.7 Å². The van der Waals surface area contributed by atoms with Crippen molar-refractivity contribution >= 4 is 99.5 Å². The molecule has 11 amide bonds. The van der Waals surface area contributed by atoms with E-state index in [-0.39, 0.29) is 103 Å². The molecule has 7 aromatic rings. The van der Waals surface area contributed by atoms with Crippen LogP contribution in [0.15, 0.2) is 67.8 Å². The molecule has 0 aliphatic heterocycles. The molecule has 33 nitrogen and oxygen atoms in total. The maximum Gasteiger partial charge on any atom is 0.292 e. The molecule has 7 aromatic heterocycles. The fourth-order valence-corrected chi connectivity index (χ4v) is 9.37. The smallest absolute Gasteiger partial charge is 0.292 e. The molecule has 7 heterocycles. The average molecular weight is 1260 g/mol. The largest absolute Gasteiger partial charge is 0.351 e. The van der Waals surface area contributed by atoms with Gasteiger partial charge in [-0.05, 0) is 37.5 Å². The van der Waals surface area contributed by atoms with Crippen molar-refractivity contribution in [1.29, 1.82) is 0 Å². The Morgan fingerprint density at radius 3 is 1.49 bits per heavy atom. The highest BCUT2D eigenvalue weighted by molar-refractivity contribution is 6.06. The van der Waals surface area contributed by atoms with E-state index in [4.69, 9.17) is 0 Å². The van der Waals surface area contributed by atoms with Gasteiger partial charge in [-0.25, -0.2) is 19.9 Å². The Morgan fingerprint density at radius 1 is 0.440 bits per heavy atom. The van der Waals surface area contributed by atoms with Crippen molar-refractivity contribution in [3.05, 3.63) is 108 Å². The summed E-state index contributed by atoms with van der Waals surface area (Å²) in [6, 6.07) is 3.33. The number of amides is 11. The number of rotatable bonds is 31. The molecule has 0 aliphatic rings. The van der Waals surface area contributed by atoms with E-state index >= 15 is 0 Å². The number of aryl methyl sites for hydroxylation is 7. The highest BCUT2D eigenvalue weighted by Gasteiger charge is 2.26. The Bertz CT molecular complexity index is 3850. The van der Waals surface area contributed by atoms with Gasteiger partial charge in [0.2, 0.25) is 41.1 Å². The van der Waals surface area contributed by atoms with Crippen LogP contribution in [0.25, 0.3) is 0 Å². The lowest BCUT2D eigenvalue weighted by Crippen LogP contribution is -2.45. The normalized spacial score (nSPS) is 11.3. The van der Waals surface area contributed by atoms with Crippen LogP contribution in [0, 0.1) is 0 Å². The van der Waals surface area contributed by atoms with Crippen molar-refractivity contribution in [3.63, 3.8) is 0 Å². The van der Waals surface area contributed by atoms with E-state index in [2.05, 4.69) is 85.3 Å². The van der Waals surface area contributed by atoms with Gasteiger partial charge in [0, 0.05) is 144 Å². The van der Waals surface area contributed by atoms with Crippen LogP contribution in [0.3, 0.4) is 0 Å². The number of nitrogens with one attached hydrogen (secondary N) is 11. The lowest BCUT2D eigenvalue weighted by atomic mass is 10.2. The first kappa shape index (κ1) is 67.4. The second-order valence-corrected chi connectivity index (χ2v) is 21.4. The van der Waals surface area contributed by atoms with Crippen LogP contribution in [-0.4, -0.2) is 149 Å². The average Bonchev–Trinajstić information content (AvgIpc) is 2.77. The van der Waals surface area contributed by atoms with Crippen molar-refractivity contribution in [2.24, 2.45) is 42.3 Å². The number of carbonyl (C=O) groups excluding carboxylic acids is 11. The van der Waals surface area contributed by atoms with Crippen LogP contribution in [-0.2, 0) is 68.0 Å². The number of hydrogen-bond donors (Lipinski definition) is 11. The van der Waals surface area contributed by atoms with E-state index in [1.165, 1.54) is 72.9 Å². The second-order valence-electron chi connectivity index (χ2n) is 21.4. The van der Waals surface area contributed by atoms with Crippen LogP contribution in [0.5, 0.6) is 0 Å². The fraction of sp³-hybridized carbons (Fsp3) is 0.397. The lowest BCUT2D eigenvalue weighted by molar-refractivity contribution is -0.125. The summed E-state index contributed by atoms with van der Waals surface area (Å²) in [4.78, 5) is 160. The highest BCUT2D eigenvalue weighted by Crippen LogP contribution is 2.20. The molecule has 11 N–H and O–H groups in total. The van der Waals surface area contributed by atoms with Crippen LogP contribution in [0.4, 0.5) is 34.5 Å². The third kappa shape index (κ3) is 18.5. The quantitative estimate of drug-likeness (QED) is 0.0278.